The molecule has 0 spiro atoms. The number of benzene rings is 2. The fourth-order valence-corrected chi connectivity index (χ4v) is 3.12. The molecule has 1 amide bonds. The predicted octanol–water partition coefficient (Wildman–Crippen LogP) is 3.38. The lowest BCUT2D eigenvalue weighted by Gasteiger charge is -2.11. The zero-order chi connectivity index (χ0) is 18.7. The molecule has 0 fully saturated rings. The number of halogens is 2. The Kier molecular flexibility index (Phi) is 5.40. The number of amides is 1. The molecule has 0 atom stereocenters. The van der Waals surface area contributed by atoms with Crippen molar-refractivity contribution >= 4 is 44.2 Å². The van der Waals surface area contributed by atoms with E-state index < -0.39 is 0 Å². The Morgan fingerprint density at radius 2 is 2.00 bits per heavy atom. The summed E-state index contributed by atoms with van der Waals surface area (Å²) in [5.41, 5.74) is 0.640. The first-order valence-electron chi connectivity index (χ1n) is 7.66. The number of terminal acetylenes is 1. The van der Waals surface area contributed by atoms with Crippen molar-refractivity contribution in [1.82, 2.24) is 15.1 Å². The molecule has 3 rings (SSSR count). The van der Waals surface area contributed by atoms with E-state index in [4.69, 9.17) is 18.0 Å². The maximum absolute atomic E-state index is 12.5. The van der Waals surface area contributed by atoms with Gasteiger partial charge in [0.1, 0.15) is 6.54 Å². The van der Waals surface area contributed by atoms with Gasteiger partial charge in [0.15, 0.2) is 0 Å². The Morgan fingerprint density at radius 1 is 1.27 bits per heavy atom. The third kappa shape index (κ3) is 3.64. The number of nitrogens with zero attached hydrogens (tertiary/aromatic N) is 2. The molecule has 0 aliphatic carbocycles. The molecular weight excluding hydrogens is 418 g/mol. The highest BCUT2D eigenvalue weighted by Gasteiger charge is 2.14. The average molecular weight is 431 g/mol. The molecule has 1 aromatic heterocycles. The van der Waals surface area contributed by atoms with Gasteiger partial charge in [0, 0.05) is 9.86 Å². The normalized spacial score (nSPS) is 10.5. The number of hydrogen-bond acceptors (Lipinski definition) is 3. The summed E-state index contributed by atoms with van der Waals surface area (Å²) in [6.07, 6.45) is 5.31. The number of fused-ring (bicyclic) bond motifs is 1. The first-order chi connectivity index (χ1) is 12.5. The van der Waals surface area contributed by atoms with E-state index in [0.717, 1.165) is 4.47 Å². The van der Waals surface area contributed by atoms with Crippen molar-refractivity contribution in [3.63, 3.8) is 0 Å². The minimum Gasteiger partial charge on any atom is -0.346 e. The van der Waals surface area contributed by atoms with Crippen LogP contribution in [-0.4, -0.2) is 15.7 Å². The summed E-state index contributed by atoms with van der Waals surface area (Å²) in [6, 6.07) is 12.1. The van der Waals surface area contributed by atoms with Crippen LogP contribution >= 0.6 is 27.5 Å². The molecule has 0 bridgehead atoms. The second kappa shape index (κ2) is 7.73. The van der Waals surface area contributed by atoms with E-state index in [1.54, 1.807) is 36.4 Å². The molecule has 3 aromatic rings. The van der Waals surface area contributed by atoms with E-state index in [9.17, 15) is 9.59 Å². The standard InChI is InChI=1S/C19H13BrClN3O2/c1-2-9-24-19(26)14-6-4-3-5-13(14)17(23-24)11-22-18(25)15-10-12(20)7-8-16(15)21/h1,3-8,10H,9,11H2,(H,22,25). The topological polar surface area (TPSA) is 64.0 Å². The summed E-state index contributed by atoms with van der Waals surface area (Å²) >= 11 is 9.41. The van der Waals surface area contributed by atoms with Crippen molar-refractivity contribution in [3.05, 3.63) is 73.6 Å². The van der Waals surface area contributed by atoms with E-state index in [2.05, 4.69) is 32.3 Å². The third-order valence-corrected chi connectivity index (χ3v) is 4.60. The quantitative estimate of drug-likeness (QED) is 0.646. The molecule has 26 heavy (non-hydrogen) atoms. The second-order valence-corrected chi connectivity index (χ2v) is 6.79. The summed E-state index contributed by atoms with van der Waals surface area (Å²) in [4.78, 5) is 24.9. The van der Waals surface area contributed by atoms with Gasteiger partial charge in [0.2, 0.25) is 0 Å². The highest BCUT2D eigenvalue weighted by atomic mass is 79.9. The van der Waals surface area contributed by atoms with E-state index in [-0.39, 0.29) is 24.6 Å². The van der Waals surface area contributed by atoms with Crippen LogP contribution < -0.4 is 10.9 Å². The summed E-state index contributed by atoms with van der Waals surface area (Å²) in [5, 5.41) is 8.61. The maximum Gasteiger partial charge on any atom is 0.275 e. The monoisotopic (exact) mass is 429 g/mol. The molecule has 7 heteroatoms. The van der Waals surface area contributed by atoms with Crippen LogP contribution in [0.4, 0.5) is 0 Å². The van der Waals surface area contributed by atoms with E-state index in [1.807, 2.05) is 6.07 Å². The number of carbonyl (C=O) groups is 1. The van der Waals surface area contributed by atoms with Gasteiger partial charge in [0.25, 0.3) is 11.5 Å². The van der Waals surface area contributed by atoms with Gasteiger partial charge in [-0.3, -0.25) is 9.59 Å². The fraction of sp³-hybridized carbons (Fsp3) is 0.105. The van der Waals surface area contributed by atoms with Crippen LogP contribution in [0.1, 0.15) is 16.1 Å². The Bertz CT molecular complexity index is 1100. The van der Waals surface area contributed by atoms with Gasteiger partial charge < -0.3 is 5.32 Å². The molecule has 2 aromatic carbocycles. The first kappa shape index (κ1) is 18.2. The highest BCUT2D eigenvalue weighted by Crippen LogP contribution is 2.21. The van der Waals surface area contributed by atoms with Crippen LogP contribution in [0, 0.1) is 12.3 Å². The predicted molar refractivity (Wildman–Crippen MR) is 105 cm³/mol. The van der Waals surface area contributed by atoms with Crippen molar-refractivity contribution in [2.45, 2.75) is 13.1 Å². The van der Waals surface area contributed by atoms with Gasteiger partial charge in [-0.05, 0) is 24.3 Å². The largest absolute Gasteiger partial charge is 0.346 e. The zero-order valence-electron chi connectivity index (χ0n) is 13.5. The second-order valence-electron chi connectivity index (χ2n) is 5.47. The average Bonchev–Trinajstić information content (AvgIpc) is 2.65. The molecule has 1 heterocycles. The van der Waals surface area contributed by atoms with Crippen LogP contribution in [0.2, 0.25) is 5.02 Å². The minimum atomic E-state index is -0.336. The van der Waals surface area contributed by atoms with Crippen LogP contribution in [0.15, 0.2) is 51.7 Å². The molecule has 0 aliphatic rings. The van der Waals surface area contributed by atoms with Crippen LogP contribution in [-0.2, 0) is 13.1 Å². The summed E-state index contributed by atoms with van der Waals surface area (Å²) in [6.45, 7) is 0.190. The molecule has 130 valence electrons. The van der Waals surface area contributed by atoms with Crippen molar-refractivity contribution < 1.29 is 4.79 Å². The number of rotatable bonds is 4. The smallest absolute Gasteiger partial charge is 0.275 e. The SMILES string of the molecule is C#CCn1nc(CNC(=O)c2cc(Br)ccc2Cl)c2ccccc2c1=O. The molecular formula is C19H13BrClN3O2. The van der Waals surface area contributed by atoms with E-state index in [0.29, 0.717) is 27.1 Å². The number of carbonyl (C=O) groups excluding carboxylic acids is 1. The number of hydrogen-bond donors (Lipinski definition) is 1. The van der Waals surface area contributed by atoms with E-state index >= 15 is 0 Å². The third-order valence-electron chi connectivity index (χ3n) is 3.77. The van der Waals surface area contributed by atoms with E-state index in [1.165, 1.54) is 4.68 Å². The fourth-order valence-electron chi connectivity index (χ4n) is 2.56. The number of aromatic nitrogens is 2. The van der Waals surface area contributed by atoms with Gasteiger partial charge >= 0.3 is 0 Å². The molecule has 0 aliphatic heterocycles. The Labute approximate surface area is 163 Å². The lowest BCUT2D eigenvalue weighted by Crippen LogP contribution is -2.28. The van der Waals surface area contributed by atoms with Gasteiger partial charge in [-0.25, -0.2) is 4.68 Å². The van der Waals surface area contributed by atoms with Crippen LogP contribution in [0.5, 0.6) is 0 Å². The Balaban J connectivity index is 1.95. The van der Waals surface area contributed by atoms with Gasteiger partial charge in [0.05, 0.1) is 28.2 Å². The van der Waals surface area contributed by atoms with Crippen LogP contribution in [0.25, 0.3) is 10.8 Å². The van der Waals surface area contributed by atoms with Gasteiger partial charge in [-0.15, -0.1) is 6.42 Å². The number of nitrogens with one attached hydrogen (secondary N) is 1. The lowest BCUT2D eigenvalue weighted by molar-refractivity contribution is 0.0950. The summed E-state index contributed by atoms with van der Waals surface area (Å²) in [5.74, 6) is 2.08. The summed E-state index contributed by atoms with van der Waals surface area (Å²) < 4.78 is 1.97. The van der Waals surface area contributed by atoms with Crippen molar-refractivity contribution in [2.24, 2.45) is 0 Å². The zero-order valence-corrected chi connectivity index (χ0v) is 15.8. The lowest BCUT2D eigenvalue weighted by atomic mass is 10.1. The van der Waals surface area contributed by atoms with Crippen LogP contribution in [0.3, 0.4) is 0 Å². The summed E-state index contributed by atoms with van der Waals surface area (Å²) in [7, 11) is 0. The maximum atomic E-state index is 12.5. The molecule has 0 unspecified atom stereocenters. The molecule has 0 radical (unpaired) electrons. The van der Waals surface area contributed by atoms with Crippen molar-refractivity contribution in [2.75, 3.05) is 0 Å². The van der Waals surface area contributed by atoms with Crippen molar-refractivity contribution in [3.8, 4) is 12.3 Å². The first-order valence-corrected chi connectivity index (χ1v) is 8.84. The molecule has 1 N–H and O–H groups in total. The van der Waals surface area contributed by atoms with Gasteiger partial charge in [-0.1, -0.05) is 51.7 Å². The highest BCUT2D eigenvalue weighted by molar-refractivity contribution is 9.10. The molecule has 5 nitrogen and oxygen atoms in total. The molecule has 0 saturated carbocycles. The Morgan fingerprint density at radius 3 is 2.73 bits per heavy atom. The van der Waals surface area contributed by atoms with Crippen molar-refractivity contribution in [1.29, 1.82) is 0 Å². The minimum absolute atomic E-state index is 0.0576. The van der Waals surface area contributed by atoms with Gasteiger partial charge in [-0.2, -0.15) is 5.10 Å². The molecule has 0 saturated heterocycles. The Hall–Kier alpha value is -2.62.